The largest absolute Gasteiger partial charge is 0.391 e. The average molecular weight is 223 g/mol. The molecule has 1 aromatic rings. The predicted octanol–water partition coefficient (Wildman–Crippen LogP) is -0.416. The first-order valence-electron chi connectivity index (χ1n) is 5.31. The summed E-state index contributed by atoms with van der Waals surface area (Å²) < 4.78 is 1.73. The molecule has 6 heteroatoms. The predicted molar refractivity (Wildman–Crippen MR) is 61.8 cm³/mol. The molecule has 0 bridgehead atoms. The quantitative estimate of drug-likeness (QED) is 0.469. The van der Waals surface area contributed by atoms with Crippen molar-refractivity contribution in [1.29, 1.82) is 5.41 Å². The van der Waals surface area contributed by atoms with E-state index in [0.29, 0.717) is 12.1 Å². The van der Waals surface area contributed by atoms with Gasteiger partial charge >= 0.3 is 0 Å². The van der Waals surface area contributed by atoms with Gasteiger partial charge in [0.15, 0.2) is 0 Å². The first kappa shape index (κ1) is 10.9. The Morgan fingerprint density at radius 1 is 1.62 bits per heavy atom. The van der Waals surface area contributed by atoms with Crippen molar-refractivity contribution in [1.82, 2.24) is 9.78 Å². The van der Waals surface area contributed by atoms with Gasteiger partial charge in [-0.3, -0.25) is 10.1 Å². The Morgan fingerprint density at radius 3 is 2.81 bits per heavy atom. The molecule has 1 aliphatic rings. The molecule has 1 atom stereocenters. The van der Waals surface area contributed by atoms with E-state index in [0.717, 1.165) is 24.5 Å². The van der Waals surface area contributed by atoms with Crippen LogP contribution in [0.2, 0.25) is 0 Å². The van der Waals surface area contributed by atoms with Crippen molar-refractivity contribution in [2.24, 2.45) is 12.8 Å². The van der Waals surface area contributed by atoms with Crippen LogP contribution in [0.15, 0.2) is 0 Å². The van der Waals surface area contributed by atoms with Gasteiger partial charge < -0.3 is 15.7 Å². The van der Waals surface area contributed by atoms with Crippen LogP contribution in [0.4, 0.5) is 5.82 Å². The molecule has 88 valence electrons. The summed E-state index contributed by atoms with van der Waals surface area (Å²) in [5.74, 6) is 0.864. The van der Waals surface area contributed by atoms with Crippen molar-refractivity contribution in [2.75, 3.05) is 18.0 Å². The van der Waals surface area contributed by atoms with Crippen molar-refractivity contribution in [3.05, 3.63) is 11.3 Å². The van der Waals surface area contributed by atoms with Crippen molar-refractivity contribution in [3.8, 4) is 0 Å². The lowest BCUT2D eigenvalue weighted by molar-refractivity contribution is 0.198. The molecular weight excluding hydrogens is 206 g/mol. The number of aliphatic hydroxyl groups is 1. The van der Waals surface area contributed by atoms with E-state index in [-0.39, 0.29) is 11.9 Å². The van der Waals surface area contributed by atoms with Gasteiger partial charge in [-0.15, -0.1) is 0 Å². The number of β-amino-alcohol motifs (C(OH)–C–C–N with tert-alkyl or cyclic N) is 1. The molecule has 1 unspecified atom stereocenters. The van der Waals surface area contributed by atoms with Gasteiger partial charge in [-0.2, -0.15) is 5.10 Å². The number of rotatable bonds is 2. The second-order valence-electron chi connectivity index (χ2n) is 4.21. The lowest BCUT2D eigenvalue weighted by atomic mass is 10.2. The molecule has 1 fully saturated rings. The number of aromatic nitrogens is 2. The number of hydrogen-bond acceptors (Lipinski definition) is 4. The number of nitrogen functional groups attached to an aromatic ring is 1. The summed E-state index contributed by atoms with van der Waals surface area (Å²) in [5, 5.41) is 21.4. The zero-order valence-electron chi connectivity index (χ0n) is 9.56. The Kier molecular flexibility index (Phi) is 2.59. The average Bonchev–Trinajstić information content (AvgIpc) is 2.69. The molecule has 16 heavy (non-hydrogen) atoms. The zero-order valence-corrected chi connectivity index (χ0v) is 9.56. The molecule has 1 saturated heterocycles. The smallest absolute Gasteiger partial charge is 0.137 e. The normalized spacial score (nSPS) is 20.4. The van der Waals surface area contributed by atoms with Gasteiger partial charge in [-0.25, -0.2) is 0 Å². The van der Waals surface area contributed by atoms with E-state index < -0.39 is 0 Å². The lowest BCUT2D eigenvalue weighted by Crippen LogP contribution is -2.26. The molecule has 1 aromatic heterocycles. The van der Waals surface area contributed by atoms with Gasteiger partial charge in [0.1, 0.15) is 11.7 Å². The van der Waals surface area contributed by atoms with Gasteiger partial charge in [0.2, 0.25) is 0 Å². The molecule has 0 radical (unpaired) electrons. The Balaban J connectivity index is 2.43. The minimum atomic E-state index is -0.296. The molecule has 0 aliphatic carbocycles. The summed E-state index contributed by atoms with van der Waals surface area (Å²) in [7, 11) is 1.83. The maximum absolute atomic E-state index is 9.53. The minimum absolute atomic E-state index is 0.0296. The third-order valence-electron chi connectivity index (χ3n) is 2.92. The third kappa shape index (κ3) is 1.65. The standard InChI is InChI=1S/C10H17N5O/c1-6-8(9(11)12)10(14(2)13-6)15-4-3-7(16)5-15/h7,16H,3-5H2,1-2H3,(H3,11,12). The van der Waals surface area contributed by atoms with Gasteiger partial charge in [0, 0.05) is 20.1 Å². The first-order chi connectivity index (χ1) is 7.50. The number of hydrogen-bond donors (Lipinski definition) is 3. The molecule has 4 N–H and O–H groups in total. The second-order valence-corrected chi connectivity index (χ2v) is 4.21. The highest BCUT2D eigenvalue weighted by Gasteiger charge is 2.27. The maximum Gasteiger partial charge on any atom is 0.137 e. The number of nitrogens with one attached hydrogen (secondary N) is 1. The maximum atomic E-state index is 9.53. The summed E-state index contributed by atoms with van der Waals surface area (Å²) in [6.07, 6.45) is 0.455. The van der Waals surface area contributed by atoms with Gasteiger partial charge in [0.25, 0.3) is 0 Å². The number of aryl methyl sites for hydroxylation is 2. The number of anilines is 1. The van der Waals surface area contributed by atoms with Crippen molar-refractivity contribution in [2.45, 2.75) is 19.4 Å². The van der Waals surface area contributed by atoms with Gasteiger partial charge in [-0.05, 0) is 13.3 Å². The first-order valence-corrected chi connectivity index (χ1v) is 5.31. The van der Waals surface area contributed by atoms with Gasteiger partial charge in [-0.1, -0.05) is 0 Å². The van der Waals surface area contributed by atoms with Crippen molar-refractivity contribution in [3.63, 3.8) is 0 Å². The van der Waals surface area contributed by atoms with Crippen LogP contribution in [0.3, 0.4) is 0 Å². The summed E-state index contributed by atoms with van der Waals surface area (Å²) in [6, 6.07) is 0. The third-order valence-corrected chi connectivity index (χ3v) is 2.92. The molecule has 0 aromatic carbocycles. The van der Waals surface area contributed by atoms with Gasteiger partial charge in [0.05, 0.1) is 17.4 Å². The Labute approximate surface area is 94.2 Å². The van der Waals surface area contributed by atoms with E-state index >= 15 is 0 Å². The number of amidine groups is 1. The number of nitrogens with zero attached hydrogens (tertiary/aromatic N) is 3. The summed E-state index contributed by atoms with van der Waals surface area (Å²) in [4.78, 5) is 2.03. The van der Waals surface area contributed by atoms with E-state index in [4.69, 9.17) is 11.1 Å². The Bertz CT molecular complexity index is 425. The van der Waals surface area contributed by atoms with E-state index in [2.05, 4.69) is 5.10 Å². The number of nitrogens with two attached hydrogens (primary N) is 1. The molecule has 0 spiro atoms. The molecular formula is C10H17N5O. The highest BCUT2D eigenvalue weighted by atomic mass is 16.3. The number of aliphatic hydroxyl groups excluding tert-OH is 1. The minimum Gasteiger partial charge on any atom is -0.391 e. The van der Waals surface area contributed by atoms with Crippen LogP contribution >= 0.6 is 0 Å². The van der Waals surface area contributed by atoms with Crippen LogP contribution in [0.5, 0.6) is 0 Å². The SMILES string of the molecule is Cc1nn(C)c(N2CCC(O)C2)c1C(=N)N. The second kappa shape index (κ2) is 3.79. The van der Waals surface area contributed by atoms with Crippen LogP contribution in [0.25, 0.3) is 0 Å². The molecule has 1 aliphatic heterocycles. The van der Waals surface area contributed by atoms with Crippen LogP contribution in [0.1, 0.15) is 17.7 Å². The van der Waals surface area contributed by atoms with E-state index in [1.807, 2.05) is 18.9 Å². The fraction of sp³-hybridized carbons (Fsp3) is 0.600. The van der Waals surface area contributed by atoms with Crippen LogP contribution < -0.4 is 10.6 Å². The molecule has 0 amide bonds. The molecule has 0 saturated carbocycles. The van der Waals surface area contributed by atoms with Crippen molar-refractivity contribution >= 4 is 11.7 Å². The van der Waals surface area contributed by atoms with Crippen LogP contribution in [-0.4, -0.2) is 39.9 Å². The Morgan fingerprint density at radius 2 is 2.31 bits per heavy atom. The topological polar surface area (TPSA) is 91.2 Å². The molecule has 6 nitrogen and oxygen atoms in total. The monoisotopic (exact) mass is 223 g/mol. The van der Waals surface area contributed by atoms with E-state index in [1.54, 1.807) is 4.68 Å². The molecule has 2 heterocycles. The fourth-order valence-corrected chi connectivity index (χ4v) is 2.26. The fourth-order valence-electron chi connectivity index (χ4n) is 2.26. The van der Waals surface area contributed by atoms with E-state index in [1.165, 1.54) is 0 Å². The zero-order chi connectivity index (χ0) is 11.9. The summed E-state index contributed by atoms with van der Waals surface area (Å²) in [6.45, 7) is 3.20. The van der Waals surface area contributed by atoms with Crippen LogP contribution in [-0.2, 0) is 7.05 Å². The molecule has 2 rings (SSSR count). The van der Waals surface area contributed by atoms with E-state index in [9.17, 15) is 5.11 Å². The summed E-state index contributed by atoms with van der Waals surface area (Å²) >= 11 is 0. The van der Waals surface area contributed by atoms with Crippen LogP contribution in [0, 0.1) is 12.3 Å². The van der Waals surface area contributed by atoms with Crippen molar-refractivity contribution < 1.29 is 5.11 Å². The lowest BCUT2D eigenvalue weighted by Gasteiger charge is -2.19. The highest BCUT2D eigenvalue weighted by molar-refractivity contribution is 6.01. The summed E-state index contributed by atoms with van der Waals surface area (Å²) in [5.41, 5.74) is 7.01. The highest BCUT2D eigenvalue weighted by Crippen LogP contribution is 2.26. The Hall–Kier alpha value is -1.56.